The summed E-state index contributed by atoms with van der Waals surface area (Å²) in [6.07, 6.45) is 2.94. The lowest BCUT2D eigenvalue weighted by atomic mass is 9.89. The second kappa shape index (κ2) is 3.99. The van der Waals surface area contributed by atoms with Crippen LogP contribution in [-0.2, 0) is 10.2 Å². The summed E-state index contributed by atoms with van der Waals surface area (Å²) in [5, 5.41) is 1.90. The highest BCUT2D eigenvalue weighted by Gasteiger charge is 2.47. The number of hydrogen-bond donors (Lipinski definition) is 2. The maximum absolute atomic E-state index is 11.2. The maximum atomic E-state index is 11.2. The van der Waals surface area contributed by atoms with Crippen molar-refractivity contribution in [3.05, 3.63) is 29.8 Å². The minimum atomic E-state index is 0.0910. The zero-order valence-corrected chi connectivity index (χ0v) is 10.6. The number of carbonyl (C=O) groups excluding carboxylic acids is 1. The Bertz CT molecular complexity index is 462. The molecule has 1 atom stereocenters. The molecule has 1 amide bonds. The van der Waals surface area contributed by atoms with E-state index in [1.807, 2.05) is 5.01 Å². The van der Waals surface area contributed by atoms with Crippen LogP contribution in [0.5, 0.6) is 0 Å². The molecule has 1 saturated carbocycles. The molecule has 2 fully saturated rings. The molecule has 1 aliphatic carbocycles. The maximum Gasteiger partial charge on any atom is 0.240 e. The molecule has 3 rings (SSSR count). The number of carbonyl (C=O) groups is 1. The second-order valence-corrected chi connectivity index (χ2v) is 5.43. The standard InChI is InChI=1S/C14H19N3O/c1-10(15)14(7-8-14)11-2-4-12(5-3-11)17-9-6-13(18)16-17/h2-5,10H,6-9,15H2,1H3,(H,16,18). The van der Waals surface area contributed by atoms with Crippen LogP contribution >= 0.6 is 0 Å². The van der Waals surface area contributed by atoms with Gasteiger partial charge < -0.3 is 5.73 Å². The largest absolute Gasteiger partial charge is 0.327 e. The van der Waals surface area contributed by atoms with Gasteiger partial charge in [0.1, 0.15) is 0 Å². The summed E-state index contributed by atoms with van der Waals surface area (Å²) in [6, 6.07) is 8.65. The molecule has 0 spiro atoms. The number of benzene rings is 1. The Morgan fingerprint density at radius 2 is 2.00 bits per heavy atom. The molecule has 18 heavy (non-hydrogen) atoms. The molecule has 1 aromatic carbocycles. The summed E-state index contributed by atoms with van der Waals surface area (Å²) in [6.45, 7) is 2.83. The third-order valence-corrected chi connectivity index (χ3v) is 4.24. The molecular formula is C14H19N3O. The van der Waals surface area contributed by atoms with Crippen LogP contribution < -0.4 is 16.2 Å². The molecule has 1 aliphatic heterocycles. The van der Waals surface area contributed by atoms with Crippen LogP contribution in [0.25, 0.3) is 0 Å². The number of nitrogens with zero attached hydrogens (tertiary/aromatic N) is 1. The van der Waals surface area contributed by atoms with E-state index in [2.05, 4.69) is 36.6 Å². The Balaban J connectivity index is 1.79. The lowest BCUT2D eigenvalue weighted by Gasteiger charge is -2.22. The number of hydrazine groups is 1. The van der Waals surface area contributed by atoms with Gasteiger partial charge in [-0.2, -0.15) is 0 Å². The molecule has 4 nitrogen and oxygen atoms in total. The van der Waals surface area contributed by atoms with Crippen molar-refractivity contribution >= 4 is 11.6 Å². The van der Waals surface area contributed by atoms with E-state index in [0.717, 1.165) is 12.2 Å². The molecule has 1 aromatic rings. The highest BCUT2D eigenvalue weighted by atomic mass is 16.2. The molecule has 1 unspecified atom stereocenters. The van der Waals surface area contributed by atoms with Crippen LogP contribution in [0.1, 0.15) is 31.7 Å². The first-order valence-electron chi connectivity index (χ1n) is 6.55. The quantitative estimate of drug-likeness (QED) is 0.844. The molecule has 96 valence electrons. The van der Waals surface area contributed by atoms with Gasteiger partial charge in [0.2, 0.25) is 5.91 Å². The van der Waals surface area contributed by atoms with Crippen LogP contribution in [0, 0.1) is 0 Å². The smallest absolute Gasteiger partial charge is 0.240 e. The fraction of sp³-hybridized carbons (Fsp3) is 0.500. The number of anilines is 1. The second-order valence-electron chi connectivity index (χ2n) is 5.43. The Morgan fingerprint density at radius 1 is 1.33 bits per heavy atom. The Labute approximate surface area is 107 Å². The minimum absolute atomic E-state index is 0.0910. The van der Waals surface area contributed by atoms with Crippen LogP contribution in [0.15, 0.2) is 24.3 Å². The zero-order valence-electron chi connectivity index (χ0n) is 10.6. The zero-order chi connectivity index (χ0) is 12.8. The predicted octanol–water partition coefficient (Wildman–Crippen LogP) is 1.31. The van der Waals surface area contributed by atoms with Crippen LogP contribution in [-0.4, -0.2) is 18.5 Å². The van der Waals surface area contributed by atoms with Crippen LogP contribution in [0.3, 0.4) is 0 Å². The predicted molar refractivity (Wildman–Crippen MR) is 71.1 cm³/mol. The average molecular weight is 245 g/mol. The van der Waals surface area contributed by atoms with Gasteiger partial charge in [0, 0.05) is 24.4 Å². The van der Waals surface area contributed by atoms with Gasteiger partial charge in [-0.05, 0) is 37.5 Å². The molecule has 4 heteroatoms. The number of nitrogens with two attached hydrogens (primary N) is 1. The monoisotopic (exact) mass is 245 g/mol. The molecule has 0 aromatic heterocycles. The topological polar surface area (TPSA) is 58.4 Å². The molecule has 3 N–H and O–H groups in total. The van der Waals surface area contributed by atoms with E-state index in [9.17, 15) is 4.79 Å². The van der Waals surface area contributed by atoms with E-state index in [1.54, 1.807) is 0 Å². The van der Waals surface area contributed by atoms with E-state index in [-0.39, 0.29) is 17.4 Å². The summed E-state index contributed by atoms with van der Waals surface area (Å²) in [5.41, 5.74) is 11.5. The Kier molecular flexibility index (Phi) is 2.55. The first kappa shape index (κ1) is 11.5. The average Bonchev–Trinajstić information content (AvgIpc) is 3.07. The summed E-state index contributed by atoms with van der Waals surface area (Å²) >= 11 is 0. The first-order chi connectivity index (χ1) is 8.62. The molecule has 0 radical (unpaired) electrons. The van der Waals surface area contributed by atoms with Gasteiger partial charge in [-0.25, -0.2) is 0 Å². The van der Waals surface area contributed by atoms with Crippen molar-refractivity contribution in [3.8, 4) is 0 Å². The SMILES string of the molecule is CC(N)C1(c2ccc(N3CCC(=O)N3)cc2)CC1. The third kappa shape index (κ3) is 1.77. The fourth-order valence-corrected chi connectivity index (χ4v) is 2.78. The highest BCUT2D eigenvalue weighted by molar-refractivity contribution is 5.81. The fourth-order valence-electron chi connectivity index (χ4n) is 2.78. The Morgan fingerprint density at radius 3 is 2.44 bits per heavy atom. The number of nitrogens with one attached hydrogen (secondary N) is 1. The van der Waals surface area contributed by atoms with E-state index >= 15 is 0 Å². The van der Waals surface area contributed by atoms with E-state index in [4.69, 9.17) is 5.73 Å². The number of rotatable bonds is 3. The van der Waals surface area contributed by atoms with Crippen molar-refractivity contribution in [3.63, 3.8) is 0 Å². The van der Waals surface area contributed by atoms with E-state index in [0.29, 0.717) is 6.42 Å². The first-order valence-corrected chi connectivity index (χ1v) is 6.55. The van der Waals surface area contributed by atoms with Gasteiger partial charge in [0.15, 0.2) is 0 Å². The molecule has 1 saturated heterocycles. The normalized spacial score (nSPS) is 22.8. The molecule has 1 heterocycles. The van der Waals surface area contributed by atoms with Crippen LogP contribution in [0.4, 0.5) is 5.69 Å². The van der Waals surface area contributed by atoms with Gasteiger partial charge in [0.25, 0.3) is 0 Å². The van der Waals surface area contributed by atoms with Gasteiger partial charge in [-0.1, -0.05) is 12.1 Å². The van der Waals surface area contributed by atoms with Gasteiger partial charge in [0.05, 0.1) is 5.69 Å². The van der Waals surface area contributed by atoms with Crippen molar-refractivity contribution in [2.45, 2.75) is 37.6 Å². The summed E-state index contributed by atoms with van der Waals surface area (Å²) in [4.78, 5) is 11.2. The van der Waals surface area contributed by atoms with Gasteiger partial charge >= 0.3 is 0 Å². The minimum Gasteiger partial charge on any atom is -0.327 e. The number of amides is 1. The van der Waals surface area contributed by atoms with Crippen molar-refractivity contribution in [1.29, 1.82) is 0 Å². The van der Waals surface area contributed by atoms with Gasteiger partial charge in [-0.15, -0.1) is 0 Å². The van der Waals surface area contributed by atoms with Crippen molar-refractivity contribution in [2.75, 3.05) is 11.6 Å². The lowest BCUT2D eigenvalue weighted by molar-refractivity contribution is -0.119. The number of hydrogen-bond acceptors (Lipinski definition) is 3. The summed E-state index contributed by atoms with van der Waals surface area (Å²) in [5.74, 6) is 0.0910. The third-order valence-electron chi connectivity index (χ3n) is 4.24. The Hall–Kier alpha value is -1.55. The van der Waals surface area contributed by atoms with Crippen molar-refractivity contribution < 1.29 is 4.79 Å². The van der Waals surface area contributed by atoms with E-state index < -0.39 is 0 Å². The molecule has 2 aliphatic rings. The molecular weight excluding hydrogens is 226 g/mol. The van der Waals surface area contributed by atoms with Crippen molar-refractivity contribution in [1.82, 2.24) is 5.43 Å². The van der Waals surface area contributed by atoms with E-state index in [1.165, 1.54) is 18.4 Å². The molecule has 0 bridgehead atoms. The summed E-state index contributed by atoms with van der Waals surface area (Å²) in [7, 11) is 0. The van der Waals surface area contributed by atoms with Crippen molar-refractivity contribution in [2.24, 2.45) is 5.73 Å². The van der Waals surface area contributed by atoms with Gasteiger partial charge in [-0.3, -0.25) is 15.2 Å². The summed E-state index contributed by atoms with van der Waals surface area (Å²) < 4.78 is 0. The highest BCUT2D eigenvalue weighted by Crippen LogP contribution is 2.50. The van der Waals surface area contributed by atoms with Crippen LogP contribution in [0.2, 0.25) is 0 Å². The lowest BCUT2D eigenvalue weighted by Crippen LogP contribution is -2.33.